The van der Waals surface area contributed by atoms with Crippen molar-refractivity contribution < 1.29 is 19.1 Å². The quantitative estimate of drug-likeness (QED) is 0.414. The first-order valence-corrected chi connectivity index (χ1v) is 11.2. The molecule has 1 aromatic heterocycles. The fourth-order valence-corrected chi connectivity index (χ4v) is 3.88. The lowest BCUT2D eigenvalue weighted by atomic mass is 10.0. The normalized spacial score (nSPS) is 11.9. The molecule has 3 rings (SSSR count). The molecule has 2 aromatic carbocycles. The minimum Gasteiger partial charge on any atom is -0.463 e. The number of fused-ring (bicyclic) bond motifs is 1. The summed E-state index contributed by atoms with van der Waals surface area (Å²) in [7, 11) is 0. The average molecular weight is 450 g/mol. The Bertz CT molecular complexity index is 1110. The largest absolute Gasteiger partial charge is 0.463 e. The van der Waals surface area contributed by atoms with Gasteiger partial charge in [-0.1, -0.05) is 48.5 Å². The number of para-hydroxylation sites is 1. The minimum atomic E-state index is -0.659. The molecule has 0 bridgehead atoms. The number of amides is 2. The fraction of sp³-hybridized carbons (Fsp3) is 0.346. The summed E-state index contributed by atoms with van der Waals surface area (Å²) in [6.07, 6.45) is 0.905. The van der Waals surface area contributed by atoms with Gasteiger partial charge in [0.1, 0.15) is 6.04 Å². The molecule has 0 saturated carbocycles. The Morgan fingerprint density at radius 1 is 1.00 bits per heavy atom. The van der Waals surface area contributed by atoms with Crippen molar-refractivity contribution >= 4 is 28.7 Å². The van der Waals surface area contributed by atoms with Crippen LogP contribution in [0.5, 0.6) is 0 Å². The molecule has 1 atom stereocenters. The fourth-order valence-electron chi connectivity index (χ4n) is 3.88. The highest BCUT2D eigenvalue weighted by atomic mass is 16.5. The monoisotopic (exact) mass is 449 g/mol. The highest BCUT2D eigenvalue weighted by Gasteiger charge is 2.21. The van der Waals surface area contributed by atoms with E-state index in [1.807, 2.05) is 68.4 Å². The number of carbonyl (C=O) groups is 3. The molecule has 1 unspecified atom stereocenters. The molecule has 0 spiro atoms. The summed E-state index contributed by atoms with van der Waals surface area (Å²) in [5.74, 6) is -0.793. The molecule has 7 heteroatoms. The zero-order valence-electron chi connectivity index (χ0n) is 19.3. The van der Waals surface area contributed by atoms with Crippen LogP contribution in [0.1, 0.15) is 37.6 Å². The van der Waals surface area contributed by atoms with E-state index < -0.39 is 6.04 Å². The van der Waals surface area contributed by atoms with Crippen molar-refractivity contribution in [3.63, 3.8) is 0 Å². The first-order valence-electron chi connectivity index (χ1n) is 11.2. The van der Waals surface area contributed by atoms with E-state index >= 15 is 0 Å². The van der Waals surface area contributed by atoms with Crippen LogP contribution in [0.2, 0.25) is 0 Å². The van der Waals surface area contributed by atoms with Crippen LogP contribution in [0.3, 0.4) is 0 Å². The van der Waals surface area contributed by atoms with Gasteiger partial charge in [-0.15, -0.1) is 0 Å². The number of carbonyl (C=O) groups excluding carboxylic acids is 3. The van der Waals surface area contributed by atoms with Gasteiger partial charge < -0.3 is 20.4 Å². The highest BCUT2D eigenvalue weighted by molar-refractivity contribution is 5.88. The van der Waals surface area contributed by atoms with Crippen molar-refractivity contribution in [2.24, 2.45) is 0 Å². The van der Waals surface area contributed by atoms with Crippen LogP contribution in [-0.2, 0) is 38.4 Å². The van der Waals surface area contributed by atoms with Crippen molar-refractivity contribution in [3.8, 4) is 0 Å². The summed E-state index contributed by atoms with van der Waals surface area (Å²) < 4.78 is 5.30. The highest BCUT2D eigenvalue weighted by Crippen LogP contribution is 2.23. The Labute approximate surface area is 193 Å². The lowest BCUT2D eigenvalue weighted by Gasteiger charge is -2.18. The number of aromatic amines is 1. The van der Waals surface area contributed by atoms with Crippen LogP contribution in [0.25, 0.3) is 10.9 Å². The summed E-state index contributed by atoms with van der Waals surface area (Å²) in [6.45, 7) is 5.42. The third-order valence-electron chi connectivity index (χ3n) is 5.24. The summed E-state index contributed by atoms with van der Waals surface area (Å²) >= 11 is 0. The van der Waals surface area contributed by atoms with E-state index in [1.165, 1.54) is 6.92 Å². The Morgan fingerprint density at radius 3 is 2.39 bits per heavy atom. The van der Waals surface area contributed by atoms with Crippen LogP contribution in [0.4, 0.5) is 0 Å². The van der Waals surface area contributed by atoms with E-state index in [0.717, 1.165) is 27.7 Å². The lowest BCUT2D eigenvalue weighted by Crippen LogP contribution is -2.47. The van der Waals surface area contributed by atoms with Crippen molar-refractivity contribution in [1.29, 1.82) is 0 Å². The second-order valence-electron chi connectivity index (χ2n) is 8.33. The second kappa shape index (κ2) is 11.3. The molecule has 33 heavy (non-hydrogen) atoms. The van der Waals surface area contributed by atoms with Crippen molar-refractivity contribution in [1.82, 2.24) is 15.6 Å². The molecule has 0 aliphatic carbocycles. The van der Waals surface area contributed by atoms with E-state index in [4.69, 9.17) is 4.74 Å². The van der Waals surface area contributed by atoms with Crippen molar-refractivity contribution in [2.45, 2.75) is 52.2 Å². The van der Waals surface area contributed by atoms with Gasteiger partial charge in [0.05, 0.1) is 12.5 Å². The zero-order valence-corrected chi connectivity index (χ0v) is 19.3. The molecular weight excluding hydrogens is 418 g/mol. The van der Waals surface area contributed by atoms with Gasteiger partial charge in [0.15, 0.2) is 0 Å². The summed E-state index contributed by atoms with van der Waals surface area (Å²) in [5, 5.41) is 6.69. The molecule has 174 valence electrons. The van der Waals surface area contributed by atoms with Gasteiger partial charge in [-0.2, -0.15) is 0 Å². The molecule has 0 aliphatic heterocycles. The van der Waals surface area contributed by atoms with Gasteiger partial charge >= 0.3 is 5.97 Å². The van der Waals surface area contributed by atoms with E-state index in [0.29, 0.717) is 19.4 Å². The molecule has 0 fully saturated rings. The molecule has 7 nitrogen and oxygen atoms in total. The maximum Gasteiger partial charge on any atom is 0.312 e. The van der Waals surface area contributed by atoms with Crippen LogP contribution >= 0.6 is 0 Å². The van der Waals surface area contributed by atoms with Gasteiger partial charge in [0, 0.05) is 36.5 Å². The summed E-state index contributed by atoms with van der Waals surface area (Å²) in [4.78, 5) is 40.1. The number of aromatic nitrogens is 1. The molecule has 1 heterocycles. The predicted octanol–water partition coefficient (Wildman–Crippen LogP) is 3.07. The number of nitrogens with one attached hydrogen (secondary N) is 3. The zero-order chi connectivity index (χ0) is 23.8. The number of hydrogen-bond donors (Lipinski definition) is 3. The second-order valence-corrected chi connectivity index (χ2v) is 8.33. The first-order chi connectivity index (χ1) is 15.8. The molecule has 0 aliphatic rings. The number of benzene rings is 2. The van der Waals surface area contributed by atoms with Crippen molar-refractivity contribution in [2.75, 3.05) is 6.54 Å². The van der Waals surface area contributed by atoms with Crippen LogP contribution in [0, 0.1) is 0 Å². The van der Waals surface area contributed by atoms with E-state index in [-0.39, 0.29) is 30.3 Å². The van der Waals surface area contributed by atoms with Crippen LogP contribution in [-0.4, -0.2) is 41.5 Å². The van der Waals surface area contributed by atoms with Crippen molar-refractivity contribution in [3.05, 3.63) is 71.4 Å². The van der Waals surface area contributed by atoms with Crippen LogP contribution in [0.15, 0.2) is 54.6 Å². The van der Waals surface area contributed by atoms with E-state index in [1.54, 1.807) is 0 Å². The maximum atomic E-state index is 12.9. The smallest absolute Gasteiger partial charge is 0.312 e. The first kappa shape index (κ1) is 24.0. The molecular formula is C26H31N3O4. The minimum absolute atomic E-state index is 0.138. The van der Waals surface area contributed by atoms with Gasteiger partial charge in [-0.05, 0) is 37.5 Å². The van der Waals surface area contributed by atoms with Gasteiger partial charge in [0.25, 0.3) is 0 Å². The van der Waals surface area contributed by atoms with Crippen LogP contribution < -0.4 is 10.6 Å². The topological polar surface area (TPSA) is 100 Å². The average Bonchev–Trinajstić information content (AvgIpc) is 3.10. The number of rotatable bonds is 10. The number of H-pyrrole nitrogens is 1. The van der Waals surface area contributed by atoms with E-state index in [2.05, 4.69) is 15.6 Å². The Morgan fingerprint density at radius 2 is 1.70 bits per heavy atom. The Hall–Kier alpha value is -3.61. The SMILES string of the molecule is CC(=O)NC(Cc1ccccc1)C(=O)NCCc1c(CC(=O)OC(C)C)[nH]c2ccccc12. The molecule has 3 N–H and O–H groups in total. The van der Waals surface area contributed by atoms with Gasteiger partial charge in [-0.25, -0.2) is 0 Å². The summed E-state index contributed by atoms with van der Waals surface area (Å²) in [5.41, 5.74) is 3.67. The maximum absolute atomic E-state index is 12.9. The molecule has 3 aromatic rings. The Balaban J connectivity index is 1.69. The lowest BCUT2D eigenvalue weighted by molar-refractivity contribution is -0.146. The number of esters is 1. The Kier molecular flexibility index (Phi) is 8.24. The molecule has 0 radical (unpaired) electrons. The molecule has 0 saturated heterocycles. The van der Waals surface area contributed by atoms with Gasteiger partial charge in [-0.3, -0.25) is 14.4 Å². The summed E-state index contributed by atoms with van der Waals surface area (Å²) in [6, 6.07) is 16.7. The predicted molar refractivity (Wildman–Crippen MR) is 128 cm³/mol. The standard InChI is InChI=1S/C26H31N3O4/c1-17(2)33-25(31)16-23-21(20-11-7-8-12-22(20)29-23)13-14-27-26(32)24(28-18(3)30)15-19-9-5-4-6-10-19/h4-12,17,24,29H,13-16H2,1-3H3,(H,27,32)(H,28,30). The van der Waals surface area contributed by atoms with Gasteiger partial charge in [0.2, 0.25) is 11.8 Å². The number of hydrogen-bond acceptors (Lipinski definition) is 4. The third kappa shape index (κ3) is 6.94. The van der Waals surface area contributed by atoms with E-state index in [9.17, 15) is 14.4 Å². The third-order valence-corrected chi connectivity index (χ3v) is 5.24. The molecule has 2 amide bonds. The number of ether oxygens (including phenoxy) is 1.